The number of benzene rings is 1. The molecule has 5 nitrogen and oxygen atoms in total. The topological polar surface area (TPSA) is 55.2 Å². The zero-order valence-corrected chi connectivity index (χ0v) is 12.6. The van der Waals surface area contributed by atoms with Gasteiger partial charge in [-0.3, -0.25) is 0 Å². The Bertz CT molecular complexity index is 728. The molecular formula is C14H19N3O2S. The number of sulfone groups is 1. The number of piperidine rings is 1. The lowest BCUT2D eigenvalue weighted by Gasteiger charge is -2.31. The summed E-state index contributed by atoms with van der Waals surface area (Å²) in [4.78, 5) is 6.84. The van der Waals surface area contributed by atoms with Crippen LogP contribution in [0.4, 0.5) is 5.95 Å². The minimum atomic E-state index is -2.92. The molecule has 20 heavy (non-hydrogen) atoms. The van der Waals surface area contributed by atoms with Crippen LogP contribution in [0.2, 0.25) is 0 Å². The first kappa shape index (κ1) is 13.4. The quantitative estimate of drug-likeness (QED) is 0.843. The SMILES string of the molecule is Cn1c(N2CCC(S(C)(=O)=O)CC2)nc2ccccc21. The van der Waals surface area contributed by atoms with Crippen molar-refractivity contribution in [2.24, 2.45) is 7.05 Å². The molecule has 1 fully saturated rings. The number of nitrogens with zero attached hydrogens (tertiary/aromatic N) is 3. The lowest BCUT2D eigenvalue weighted by molar-refractivity contribution is 0.527. The predicted octanol–water partition coefficient (Wildman–Crippen LogP) is 1.59. The van der Waals surface area contributed by atoms with Gasteiger partial charge in [-0.15, -0.1) is 0 Å². The first-order valence-corrected chi connectivity index (χ1v) is 8.77. The Morgan fingerprint density at radius 1 is 1.20 bits per heavy atom. The Morgan fingerprint density at radius 3 is 2.45 bits per heavy atom. The summed E-state index contributed by atoms with van der Waals surface area (Å²) in [7, 11) is -0.913. The molecule has 1 aliphatic heterocycles. The van der Waals surface area contributed by atoms with Crippen LogP contribution < -0.4 is 4.90 Å². The van der Waals surface area contributed by atoms with Crippen molar-refractivity contribution in [2.75, 3.05) is 24.2 Å². The lowest BCUT2D eigenvalue weighted by Crippen LogP contribution is -2.40. The van der Waals surface area contributed by atoms with E-state index in [2.05, 4.69) is 20.5 Å². The number of aromatic nitrogens is 2. The summed E-state index contributed by atoms with van der Waals surface area (Å²) in [6.45, 7) is 1.49. The van der Waals surface area contributed by atoms with Crippen LogP contribution in [0.5, 0.6) is 0 Å². The molecule has 0 aliphatic carbocycles. The molecule has 1 aromatic heterocycles. The number of fused-ring (bicyclic) bond motifs is 1. The molecule has 0 saturated carbocycles. The van der Waals surface area contributed by atoms with Gasteiger partial charge in [-0.2, -0.15) is 0 Å². The van der Waals surface area contributed by atoms with Crippen LogP contribution in [0.25, 0.3) is 11.0 Å². The van der Waals surface area contributed by atoms with Crippen LogP contribution in [0, 0.1) is 0 Å². The van der Waals surface area contributed by atoms with Crippen molar-refractivity contribution in [1.82, 2.24) is 9.55 Å². The van der Waals surface area contributed by atoms with Gasteiger partial charge < -0.3 is 9.47 Å². The number of anilines is 1. The highest BCUT2D eigenvalue weighted by Gasteiger charge is 2.28. The molecule has 0 atom stereocenters. The van der Waals surface area contributed by atoms with Gasteiger partial charge in [0.25, 0.3) is 0 Å². The molecule has 0 radical (unpaired) electrons. The molecule has 2 aromatic rings. The Hall–Kier alpha value is -1.56. The third kappa shape index (κ3) is 2.28. The summed E-state index contributed by atoms with van der Waals surface area (Å²) in [5.74, 6) is 0.929. The standard InChI is InChI=1S/C14H19N3O2S/c1-16-13-6-4-3-5-12(13)15-14(16)17-9-7-11(8-10-17)20(2,18)19/h3-6,11H,7-10H2,1-2H3. The Balaban J connectivity index is 1.85. The van der Waals surface area contributed by atoms with Gasteiger partial charge in [0.2, 0.25) is 5.95 Å². The second-order valence-electron chi connectivity index (χ2n) is 5.48. The third-order valence-corrected chi connectivity index (χ3v) is 5.78. The minimum Gasteiger partial charge on any atom is -0.342 e. The van der Waals surface area contributed by atoms with E-state index in [0.717, 1.165) is 30.1 Å². The smallest absolute Gasteiger partial charge is 0.206 e. The van der Waals surface area contributed by atoms with Gasteiger partial charge in [0.1, 0.15) is 9.84 Å². The second kappa shape index (κ2) is 4.77. The molecule has 108 valence electrons. The molecule has 0 bridgehead atoms. The maximum absolute atomic E-state index is 11.6. The third-order valence-electron chi connectivity index (χ3n) is 4.09. The van der Waals surface area contributed by atoms with Crippen LogP contribution in [-0.4, -0.2) is 42.6 Å². The van der Waals surface area contributed by atoms with E-state index in [0.29, 0.717) is 12.8 Å². The van der Waals surface area contributed by atoms with Gasteiger partial charge in [0.05, 0.1) is 16.3 Å². The Labute approximate surface area is 119 Å². The summed E-state index contributed by atoms with van der Waals surface area (Å²) in [5.41, 5.74) is 2.09. The van der Waals surface area contributed by atoms with E-state index in [1.54, 1.807) is 0 Å². The summed E-state index contributed by atoms with van der Waals surface area (Å²) in [6, 6.07) is 8.04. The average molecular weight is 293 g/mol. The maximum Gasteiger partial charge on any atom is 0.206 e. The molecule has 0 unspecified atom stereocenters. The largest absolute Gasteiger partial charge is 0.342 e. The molecular weight excluding hydrogens is 274 g/mol. The first-order valence-electron chi connectivity index (χ1n) is 6.82. The van der Waals surface area contributed by atoms with Gasteiger partial charge in [0, 0.05) is 26.4 Å². The number of aryl methyl sites for hydroxylation is 1. The lowest BCUT2D eigenvalue weighted by atomic mass is 10.1. The van der Waals surface area contributed by atoms with E-state index < -0.39 is 9.84 Å². The molecule has 0 amide bonds. The number of hydrogen-bond donors (Lipinski definition) is 0. The van der Waals surface area contributed by atoms with Gasteiger partial charge in [-0.05, 0) is 25.0 Å². The summed E-state index contributed by atoms with van der Waals surface area (Å²) >= 11 is 0. The zero-order valence-electron chi connectivity index (χ0n) is 11.8. The van der Waals surface area contributed by atoms with Gasteiger partial charge in [-0.1, -0.05) is 12.1 Å². The van der Waals surface area contributed by atoms with Crippen LogP contribution in [0.3, 0.4) is 0 Å². The number of rotatable bonds is 2. The van der Waals surface area contributed by atoms with E-state index in [1.165, 1.54) is 6.26 Å². The Morgan fingerprint density at radius 2 is 1.85 bits per heavy atom. The monoisotopic (exact) mass is 293 g/mol. The first-order chi connectivity index (χ1) is 9.47. The highest BCUT2D eigenvalue weighted by atomic mass is 32.2. The highest BCUT2D eigenvalue weighted by Crippen LogP contribution is 2.25. The van der Waals surface area contributed by atoms with Gasteiger partial charge >= 0.3 is 0 Å². The molecule has 6 heteroatoms. The predicted molar refractivity (Wildman–Crippen MR) is 80.8 cm³/mol. The fourth-order valence-corrected chi connectivity index (χ4v) is 3.97. The van der Waals surface area contributed by atoms with E-state index in [1.807, 2.05) is 25.2 Å². The molecule has 1 saturated heterocycles. The molecule has 0 spiro atoms. The van der Waals surface area contributed by atoms with E-state index in [9.17, 15) is 8.42 Å². The fraction of sp³-hybridized carbons (Fsp3) is 0.500. The van der Waals surface area contributed by atoms with Crippen molar-refractivity contribution in [3.63, 3.8) is 0 Å². The van der Waals surface area contributed by atoms with Crippen LogP contribution in [0.1, 0.15) is 12.8 Å². The van der Waals surface area contributed by atoms with Crippen LogP contribution in [0.15, 0.2) is 24.3 Å². The van der Waals surface area contributed by atoms with Crippen molar-refractivity contribution in [1.29, 1.82) is 0 Å². The zero-order chi connectivity index (χ0) is 14.3. The van der Waals surface area contributed by atoms with E-state index in [4.69, 9.17) is 0 Å². The van der Waals surface area contributed by atoms with Gasteiger partial charge in [-0.25, -0.2) is 13.4 Å². The van der Waals surface area contributed by atoms with Crippen LogP contribution in [-0.2, 0) is 16.9 Å². The van der Waals surface area contributed by atoms with E-state index >= 15 is 0 Å². The van der Waals surface area contributed by atoms with E-state index in [-0.39, 0.29) is 5.25 Å². The maximum atomic E-state index is 11.6. The number of hydrogen-bond acceptors (Lipinski definition) is 4. The summed E-state index contributed by atoms with van der Waals surface area (Å²) < 4.78 is 25.3. The van der Waals surface area contributed by atoms with Crippen molar-refractivity contribution in [3.8, 4) is 0 Å². The second-order valence-corrected chi connectivity index (χ2v) is 7.80. The van der Waals surface area contributed by atoms with Crippen molar-refractivity contribution >= 4 is 26.8 Å². The molecule has 1 aromatic carbocycles. The highest BCUT2D eigenvalue weighted by molar-refractivity contribution is 7.91. The Kier molecular flexibility index (Phi) is 3.20. The summed E-state index contributed by atoms with van der Waals surface area (Å²) in [6.07, 6.45) is 2.70. The number of para-hydroxylation sites is 2. The van der Waals surface area contributed by atoms with Crippen molar-refractivity contribution in [2.45, 2.75) is 18.1 Å². The molecule has 1 aliphatic rings. The fourth-order valence-electron chi connectivity index (χ4n) is 2.90. The molecule has 2 heterocycles. The average Bonchev–Trinajstić information content (AvgIpc) is 2.76. The minimum absolute atomic E-state index is 0.201. The number of imidazole rings is 1. The normalized spacial score (nSPS) is 17.8. The van der Waals surface area contributed by atoms with Gasteiger partial charge in [0.15, 0.2) is 0 Å². The van der Waals surface area contributed by atoms with Crippen molar-refractivity contribution < 1.29 is 8.42 Å². The van der Waals surface area contributed by atoms with Crippen LogP contribution >= 0.6 is 0 Å². The molecule has 0 N–H and O–H groups in total. The molecule has 3 rings (SSSR count). The summed E-state index contributed by atoms with van der Waals surface area (Å²) in [5, 5.41) is -0.201. The van der Waals surface area contributed by atoms with Crippen molar-refractivity contribution in [3.05, 3.63) is 24.3 Å².